The molecule has 2 rings (SSSR count). The van der Waals surface area contributed by atoms with Crippen LogP contribution in [0.25, 0.3) is 0 Å². The molecule has 6 heteroatoms. The molecule has 0 atom stereocenters. The van der Waals surface area contributed by atoms with Gasteiger partial charge in [0.25, 0.3) is 5.91 Å². The van der Waals surface area contributed by atoms with Gasteiger partial charge in [-0.05, 0) is 37.1 Å². The number of hydrogen-bond donors (Lipinski definition) is 2. The van der Waals surface area contributed by atoms with E-state index in [9.17, 15) is 14.4 Å². The maximum atomic E-state index is 11.8. The minimum Gasteiger partial charge on any atom is -0.452 e. The summed E-state index contributed by atoms with van der Waals surface area (Å²) in [4.78, 5) is 34.5. The number of nitrogens with two attached hydrogens (primary N) is 1. The number of esters is 1. The second kappa shape index (κ2) is 7.59. The smallest absolute Gasteiger partial charge is 0.338 e. The first-order valence-electron chi connectivity index (χ1n) is 7.42. The number of nitrogens with one attached hydrogen (secondary N) is 1. The van der Waals surface area contributed by atoms with Crippen LogP contribution in [0.1, 0.15) is 52.8 Å². The minimum absolute atomic E-state index is 0.190. The quantitative estimate of drug-likeness (QED) is 0.803. The molecule has 118 valence electrons. The van der Waals surface area contributed by atoms with E-state index in [4.69, 9.17) is 10.5 Å². The average Bonchev–Trinajstić information content (AvgIpc) is 2.53. The fourth-order valence-electron chi connectivity index (χ4n) is 2.50. The van der Waals surface area contributed by atoms with Crippen LogP contribution in [-0.2, 0) is 9.53 Å². The Balaban J connectivity index is 1.78. The van der Waals surface area contributed by atoms with E-state index in [2.05, 4.69) is 5.32 Å². The molecular formula is C16H20N2O4. The summed E-state index contributed by atoms with van der Waals surface area (Å²) in [6.45, 7) is -0.299. The molecule has 6 nitrogen and oxygen atoms in total. The first-order chi connectivity index (χ1) is 10.6. The lowest BCUT2D eigenvalue weighted by molar-refractivity contribution is -0.125. The molecule has 1 aromatic carbocycles. The predicted octanol–water partition coefficient (Wildman–Crippen LogP) is 1.39. The highest BCUT2D eigenvalue weighted by Crippen LogP contribution is 2.17. The highest BCUT2D eigenvalue weighted by atomic mass is 16.5. The molecular weight excluding hydrogens is 284 g/mol. The van der Waals surface area contributed by atoms with Crippen molar-refractivity contribution in [3.8, 4) is 0 Å². The number of hydrogen-bond acceptors (Lipinski definition) is 4. The normalized spacial score (nSPS) is 15.1. The lowest BCUT2D eigenvalue weighted by Gasteiger charge is -2.22. The summed E-state index contributed by atoms with van der Waals surface area (Å²) in [5.74, 6) is -1.45. The third-order valence-electron chi connectivity index (χ3n) is 3.71. The summed E-state index contributed by atoms with van der Waals surface area (Å²) in [6, 6.07) is 5.97. The van der Waals surface area contributed by atoms with Crippen molar-refractivity contribution in [1.82, 2.24) is 5.32 Å². The summed E-state index contributed by atoms with van der Waals surface area (Å²) in [6.07, 6.45) is 5.42. The van der Waals surface area contributed by atoms with E-state index in [1.807, 2.05) is 0 Å². The van der Waals surface area contributed by atoms with Crippen LogP contribution >= 0.6 is 0 Å². The number of amides is 2. The monoisotopic (exact) mass is 304 g/mol. The Morgan fingerprint density at radius 1 is 1.05 bits per heavy atom. The minimum atomic E-state index is -0.602. The van der Waals surface area contributed by atoms with Crippen LogP contribution in [0.15, 0.2) is 24.3 Å². The van der Waals surface area contributed by atoms with Crippen LogP contribution in [0.4, 0.5) is 0 Å². The fourth-order valence-corrected chi connectivity index (χ4v) is 2.50. The van der Waals surface area contributed by atoms with Crippen LogP contribution < -0.4 is 11.1 Å². The zero-order valence-corrected chi connectivity index (χ0v) is 12.3. The Bertz CT molecular complexity index is 548. The highest BCUT2D eigenvalue weighted by molar-refractivity contribution is 5.95. The second-order valence-corrected chi connectivity index (χ2v) is 5.42. The summed E-state index contributed by atoms with van der Waals surface area (Å²) < 4.78 is 4.96. The highest BCUT2D eigenvalue weighted by Gasteiger charge is 2.17. The molecule has 3 N–H and O–H groups in total. The molecule has 0 radical (unpaired) electrons. The maximum Gasteiger partial charge on any atom is 0.338 e. The zero-order chi connectivity index (χ0) is 15.9. The lowest BCUT2D eigenvalue weighted by atomic mass is 9.95. The fraction of sp³-hybridized carbons (Fsp3) is 0.438. The Morgan fingerprint density at radius 3 is 2.23 bits per heavy atom. The van der Waals surface area contributed by atoms with Crippen molar-refractivity contribution >= 4 is 17.8 Å². The number of benzene rings is 1. The van der Waals surface area contributed by atoms with Gasteiger partial charge < -0.3 is 15.8 Å². The van der Waals surface area contributed by atoms with Gasteiger partial charge in [0.15, 0.2) is 6.61 Å². The number of rotatable bonds is 5. The van der Waals surface area contributed by atoms with Crippen LogP contribution in [0.5, 0.6) is 0 Å². The van der Waals surface area contributed by atoms with Crippen molar-refractivity contribution in [2.75, 3.05) is 6.61 Å². The molecule has 0 bridgehead atoms. The van der Waals surface area contributed by atoms with Crippen molar-refractivity contribution < 1.29 is 19.1 Å². The van der Waals surface area contributed by atoms with Gasteiger partial charge in [-0.3, -0.25) is 9.59 Å². The molecule has 1 fully saturated rings. The SMILES string of the molecule is NC(=O)c1ccc(C(=O)OCC(=O)NC2CCCCC2)cc1. The van der Waals surface area contributed by atoms with E-state index in [-0.39, 0.29) is 24.1 Å². The summed E-state index contributed by atoms with van der Waals surface area (Å²) in [7, 11) is 0. The van der Waals surface area contributed by atoms with Crippen LogP contribution in [-0.4, -0.2) is 30.4 Å². The largest absolute Gasteiger partial charge is 0.452 e. The van der Waals surface area contributed by atoms with E-state index in [0.29, 0.717) is 5.56 Å². The molecule has 1 aliphatic rings. The maximum absolute atomic E-state index is 11.8. The molecule has 0 heterocycles. The molecule has 2 amide bonds. The Kier molecular flexibility index (Phi) is 5.52. The molecule has 1 aliphatic carbocycles. The van der Waals surface area contributed by atoms with Gasteiger partial charge in [0.1, 0.15) is 0 Å². The van der Waals surface area contributed by atoms with Gasteiger partial charge in [0.05, 0.1) is 5.56 Å². The lowest BCUT2D eigenvalue weighted by Crippen LogP contribution is -2.38. The number of carbonyl (C=O) groups excluding carboxylic acids is 3. The van der Waals surface area contributed by atoms with E-state index in [0.717, 1.165) is 25.7 Å². The summed E-state index contributed by atoms with van der Waals surface area (Å²) in [5.41, 5.74) is 5.70. The van der Waals surface area contributed by atoms with Crippen LogP contribution in [0.2, 0.25) is 0 Å². The first kappa shape index (κ1) is 16.0. The van der Waals surface area contributed by atoms with Gasteiger partial charge in [-0.2, -0.15) is 0 Å². The molecule has 0 saturated heterocycles. The van der Waals surface area contributed by atoms with Crippen molar-refractivity contribution in [2.45, 2.75) is 38.1 Å². The van der Waals surface area contributed by atoms with E-state index in [1.165, 1.54) is 30.7 Å². The van der Waals surface area contributed by atoms with Gasteiger partial charge in [-0.15, -0.1) is 0 Å². The molecule has 22 heavy (non-hydrogen) atoms. The molecule has 0 spiro atoms. The summed E-state index contributed by atoms with van der Waals surface area (Å²) >= 11 is 0. The van der Waals surface area contributed by atoms with E-state index >= 15 is 0 Å². The van der Waals surface area contributed by atoms with Gasteiger partial charge in [0.2, 0.25) is 5.91 Å². The van der Waals surface area contributed by atoms with E-state index in [1.54, 1.807) is 0 Å². The average molecular weight is 304 g/mol. The van der Waals surface area contributed by atoms with Gasteiger partial charge in [-0.25, -0.2) is 4.79 Å². The number of primary amides is 1. The first-order valence-corrected chi connectivity index (χ1v) is 7.42. The zero-order valence-electron chi connectivity index (χ0n) is 12.3. The molecule has 0 aliphatic heterocycles. The standard InChI is InChI=1S/C16H20N2O4/c17-15(20)11-6-8-12(9-7-11)16(21)22-10-14(19)18-13-4-2-1-3-5-13/h6-9,13H,1-5,10H2,(H2,17,20)(H,18,19). The molecule has 1 aromatic rings. The van der Waals surface area contributed by atoms with Crippen molar-refractivity contribution in [3.63, 3.8) is 0 Å². The van der Waals surface area contributed by atoms with Crippen molar-refractivity contribution in [3.05, 3.63) is 35.4 Å². The predicted molar refractivity (Wildman–Crippen MR) is 80.3 cm³/mol. The molecule has 0 unspecified atom stereocenters. The Morgan fingerprint density at radius 2 is 1.64 bits per heavy atom. The van der Waals surface area contributed by atoms with Gasteiger partial charge in [-0.1, -0.05) is 19.3 Å². The summed E-state index contributed by atoms with van der Waals surface area (Å²) in [5, 5.41) is 2.87. The Labute approximate surface area is 129 Å². The number of carbonyl (C=O) groups is 3. The third kappa shape index (κ3) is 4.58. The number of ether oxygens (including phenoxy) is 1. The Hall–Kier alpha value is -2.37. The molecule has 1 saturated carbocycles. The van der Waals surface area contributed by atoms with Crippen LogP contribution in [0, 0.1) is 0 Å². The third-order valence-corrected chi connectivity index (χ3v) is 3.71. The van der Waals surface area contributed by atoms with Gasteiger partial charge >= 0.3 is 5.97 Å². The molecule has 0 aromatic heterocycles. The van der Waals surface area contributed by atoms with Crippen molar-refractivity contribution in [1.29, 1.82) is 0 Å². The topological polar surface area (TPSA) is 98.5 Å². The van der Waals surface area contributed by atoms with Crippen LogP contribution in [0.3, 0.4) is 0 Å². The van der Waals surface area contributed by atoms with Gasteiger partial charge in [0, 0.05) is 11.6 Å². The second-order valence-electron chi connectivity index (χ2n) is 5.42. The van der Waals surface area contributed by atoms with E-state index < -0.39 is 11.9 Å². The van der Waals surface area contributed by atoms with Crippen molar-refractivity contribution in [2.24, 2.45) is 5.73 Å².